The van der Waals surface area contributed by atoms with E-state index in [4.69, 9.17) is 0 Å². The Bertz CT molecular complexity index is 9840. The third kappa shape index (κ3) is 12.4. The summed E-state index contributed by atoms with van der Waals surface area (Å²) in [5.41, 5.74) is 23.0. The van der Waals surface area contributed by atoms with Crippen molar-refractivity contribution >= 4 is 195 Å². The van der Waals surface area contributed by atoms with Crippen LogP contribution in [0.5, 0.6) is 0 Å². The number of benzene rings is 26. The van der Waals surface area contributed by atoms with Gasteiger partial charge < -0.3 is 13.7 Å². The summed E-state index contributed by atoms with van der Waals surface area (Å²) in [5, 5.41) is 38.7. The van der Waals surface area contributed by atoms with E-state index in [9.17, 15) is 0 Å². The number of nitrogens with zero attached hydrogens (tertiary/aromatic N) is 3. The minimum Gasteiger partial charge on any atom is -0.309 e. The van der Waals surface area contributed by atoms with Gasteiger partial charge in [0.15, 0.2) is 0 Å². The number of para-hydroxylation sites is 3. The first-order valence-electron chi connectivity index (χ1n) is 46.8. The Balaban J connectivity index is 0.000000103. The molecule has 0 radical (unpaired) electrons. The van der Waals surface area contributed by atoms with Crippen LogP contribution in [0.1, 0.15) is 0 Å². The zero-order chi connectivity index (χ0) is 88.7. The highest BCUT2D eigenvalue weighted by Crippen LogP contribution is 2.52. The second-order valence-electron chi connectivity index (χ2n) is 35.9. The fourth-order valence-corrected chi connectivity index (χ4v) is 22.7. The fraction of sp³-hybridized carbons (Fsp3) is 0. The summed E-state index contributed by atoms with van der Waals surface area (Å²) in [6, 6.07) is 184. The molecule has 135 heavy (non-hydrogen) atoms. The van der Waals surface area contributed by atoms with Gasteiger partial charge in [-0.25, -0.2) is 0 Å². The molecular weight excluding hydrogens is 1630 g/mol. The molecule has 0 aliphatic carbocycles. The standard InChI is InChI=1S/C48H29N.2C42H27N/c1-2-15-34-30(12-1)24-27-41-39-20-7-8-21-42(39)48-47(46(34)41)43-22-9-10-23-45(43)49(48)33-14-11-13-31(28-33)32-25-26-40-37-18-4-3-16-35(37)36-17-5-6-19-38(36)44(40)29-32;1-3-13-28(14-4-1)31-24-26-39(37(27-31)29-15-5-2-6-16-29)43-38-22-12-11-21-36(38)41-40-32-18-8-7-17-30(32)23-25-34(40)33-19-9-10-20-35(33)42(41)43;1-3-13-28(14-4-1)31-25-32(29-15-5-2-6-16-29)27-33(26-31)43-39-22-12-11-21-38(39)41-40-34-18-8-7-17-30(34)23-24-36(40)35-19-9-10-20-37(35)42(41)43/h1-29H;2*1-27H. The van der Waals surface area contributed by atoms with Crippen LogP contribution in [0.15, 0.2) is 504 Å². The summed E-state index contributed by atoms with van der Waals surface area (Å²) < 4.78 is 7.53. The Hall–Kier alpha value is -17.8. The van der Waals surface area contributed by atoms with Crippen LogP contribution >= 0.6 is 0 Å². The van der Waals surface area contributed by atoms with Gasteiger partial charge in [0, 0.05) is 81.6 Å². The molecule has 26 aromatic carbocycles. The predicted octanol–water partition coefficient (Wildman–Crippen LogP) is 36.5. The third-order valence-electron chi connectivity index (χ3n) is 28.6. The maximum absolute atomic E-state index is 2.52. The number of fused-ring (bicyclic) bond motifs is 36. The van der Waals surface area contributed by atoms with Crippen LogP contribution < -0.4 is 0 Å². The van der Waals surface area contributed by atoms with Crippen molar-refractivity contribution < 1.29 is 0 Å². The molecule has 3 aromatic heterocycles. The van der Waals surface area contributed by atoms with E-state index in [1.807, 2.05) is 0 Å². The average molecular weight is 1710 g/mol. The van der Waals surface area contributed by atoms with Crippen molar-refractivity contribution in [3.05, 3.63) is 504 Å². The first-order chi connectivity index (χ1) is 67.0. The van der Waals surface area contributed by atoms with Crippen LogP contribution in [0, 0.1) is 0 Å². The second-order valence-corrected chi connectivity index (χ2v) is 35.9. The SMILES string of the molecule is c1cc(-c2ccc3c4ccccc4c4ccccc4c3c2)cc(-n2c3ccccc3c3c4c5ccccc5ccc4c4ccccc4c32)c1.c1ccc(-c2cc(-c3ccccc3)cc(-n3c4ccccc4c4c5c6ccccc6ccc5c5ccccc5c43)c2)cc1.c1ccc(-c2ccc(-n3c4ccccc4c4c5c6ccccc6ccc5c5ccccc5c43)c(-c3ccccc3)c2)cc1. The Morgan fingerprint density at radius 2 is 0.393 bits per heavy atom. The van der Waals surface area contributed by atoms with Crippen molar-refractivity contribution in [3.63, 3.8) is 0 Å². The van der Waals surface area contributed by atoms with Gasteiger partial charge in [-0.1, -0.05) is 437 Å². The van der Waals surface area contributed by atoms with Gasteiger partial charge in [0.1, 0.15) is 0 Å². The zero-order valence-corrected chi connectivity index (χ0v) is 73.8. The molecule has 0 N–H and O–H groups in total. The van der Waals surface area contributed by atoms with Gasteiger partial charge in [0.2, 0.25) is 0 Å². The highest BCUT2D eigenvalue weighted by Gasteiger charge is 2.27. The molecule has 0 saturated heterocycles. The van der Waals surface area contributed by atoms with E-state index in [1.54, 1.807) is 0 Å². The number of hydrogen-bond acceptors (Lipinski definition) is 0. The van der Waals surface area contributed by atoms with E-state index in [2.05, 4.69) is 517 Å². The van der Waals surface area contributed by atoms with Gasteiger partial charge in [-0.05, 0) is 214 Å². The average Bonchev–Trinajstić information content (AvgIpc) is 1.55. The lowest BCUT2D eigenvalue weighted by molar-refractivity contribution is 1.19. The number of rotatable bonds is 8. The van der Waals surface area contributed by atoms with E-state index in [-0.39, 0.29) is 0 Å². The summed E-state index contributed by atoms with van der Waals surface area (Å²) in [4.78, 5) is 0. The first-order valence-corrected chi connectivity index (χ1v) is 46.8. The molecule has 0 unspecified atom stereocenters. The highest BCUT2D eigenvalue weighted by atomic mass is 15.0. The van der Waals surface area contributed by atoms with Crippen LogP contribution in [0.3, 0.4) is 0 Å². The van der Waals surface area contributed by atoms with Gasteiger partial charge in [0.05, 0.1) is 38.8 Å². The van der Waals surface area contributed by atoms with Gasteiger partial charge >= 0.3 is 0 Å². The van der Waals surface area contributed by atoms with Gasteiger partial charge in [-0.2, -0.15) is 0 Å². The van der Waals surface area contributed by atoms with Crippen LogP contribution in [0.4, 0.5) is 0 Å². The maximum atomic E-state index is 2.52. The molecule has 3 heterocycles. The van der Waals surface area contributed by atoms with Crippen LogP contribution in [0.25, 0.3) is 267 Å². The summed E-state index contributed by atoms with van der Waals surface area (Å²) in [6.45, 7) is 0. The van der Waals surface area contributed by atoms with Crippen LogP contribution in [0.2, 0.25) is 0 Å². The van der Waals surface area contributed by atoms with Gasteiger partial charge in [-0.3, -0.25) is 0 Å². The molecule has 0 saturated carbocycles. The molecule has 29 aromatic rings. The predicted molar refractivity (Wildman–Crippen MR) is 580 cm³/mol. The summed E-state index contributed by atoms with van der Waals surface area (Å²) in [6.07, 6.45) is 0. The highest BCUT2D eigenvalue weighted by molar-refractivity contribution is 6.40. The molecule has 3 nitrogen and oxygen atoms in total. The Labute approximate surface area is 779 Å². The van der Waals surface area contributed by atoms with Crippen molar-refractivity contribution in [2.75, 3.05) is 0 Å². The maximum Gasteiger partial charge on any atom is 0.0626 e. The van der Waals surface area contributed by atoms with E-state index in [0.717, 1.165) is 11.4 Å². The van der Waals surface area contributed by atoms with Crippen molar-refractivity contribution in [1.82, 2.24) is 13.7 Å². The lowest BCUT2D eigenvalue weighted by Crippen LogP contribution is -1.99. The molecule has 29 rings (SSSR count). The van der Waals surface area contributed by atoms with Crippen molar-refractivity contribution in [1.29, 1.82) is 0 Å². The normalized spacial score (nSPS) is 11.9. The summed E-state index contributed by atoms with van der Waals surface area (Å²) in [5.74, 6) is 0. The molecule has 0 aliphatic heterocycles. The van der Waals surface area contributed by atoms with Crippen molar-refractivity contribution in [2.45, 2.75) is 0 Å². The summed E-state index contributed by atoms with van der Waals surface area (Å²) in [7, 11) is 0. The monoisotopic (exact) mass is 1710 g/mol. The molecule has 0 amide bonds. The lowest BCUT2D eigenvalue weighted by Gasteiger charge is -2.18. The molecule has 3 heteroatoms. The topological polar surface area (TPSA) is 14.8 Å². The quantitative estimate of drug-likeness (QED) is 0.135. The molecule has 0 atom stereocenters. The number of hydrogen-bond donors (Lipinski definition) is 0. The second kappa shape index (κ2) is 31.5. The largest absolute Gasteiger partial charge is 0.309 e. The van der Waals surface area contributed by atoms with E-state index >= 15 is 0 Å². The third-order valence-corrected chi connectivity index (χ3v) is 28.6. The van der Waals surface area contributed by atoms with Gasteiger partial charge in [-0.15, -0.1) is 0 Å². The molecule has 0 fully saturated rings. The minimum absolute atomic E-state index is 1.16. The smallest absolute Gasteiger partial charge is 0.0626 e. The molecule has 626 valence electrons. The van der Waals surface area contributed by atoms with Gasteiger partial charge in [0.25, 0.3) is 0 Å². The van der Waals surface area contributed by atoms with E-state index in [0.29, 0.717) is 0 Å². The fourth-order valence-electron chi connectivity index (χ4n) is 22.7. The summed E-state index contributed by atoms with van der Waals surface area (Å²) >= 11 is 0. The van der Waals surface area contributed by atoms with Crippen LogP contribution in [-0.4, -0.2) is 13.7 Å². The van der Waals surface area contributed by atoms with Crippen molar-refractivity contribution in [2.24, 2.45) is 0 Å². The first kappa shape index (κ1) is 77.2. The van der Waals surface area contributed by atoms with E-state index < -0.39 is 0 Å². The molecule has 0 spiro atoms. The minimum atomic E-state index is 1.16. The Morgan fingerprint density at radius 1 is 0.119 bits per heavy atom. The lowest BCUT2D eigenvalue weighted by atomic mass is 9.92. The Morgan fingerprint density at radius 3 is 0.815 bits per heavy atom. The zero-order valence-electron chi connectivity index (χ0n) is 73.8. The number of aromatic nitrogens is 3. The van der Waals surface area contributed by atoms with Crippen LogP contribution in [-0.2, 0) is 0 Å². The molecule has 0 aliphatic rings. The molecule has 0 bridgehead atoms. The van der Waals surface area contributed by atoms with E-state index in [1.165, 1.54) is 256 Å². The van der Waals surface area contributed by atoms with Crippen molar-refractivity contribution in [3.8, 4) is 72.7 Å². The molecular formula is C132H83N3. The Kier molecular flexibility index (Phi) is 18.0.